The van der Waals surface area contributed by atoms with E-state index in [1.54, 1.807) is 17.5 Å². The van der Waals surface area contributed by atoms with Gasteiger partial charge < -0.3 is 13.4 Å². The number of aromatic nitrogens is 2. The van der Waals surface area contributed by atoms with E-state index in [0.29, 0.717) is 18.2 Å². The van der Waals surface area contributed by atoms with E-state index in [1.165, 1.54) is 49.6 Å². The highest BCUT2D eigenvalue weighted by molar-refractivity contribution is 7.99. The van der Waals surface area contributed by atoms with Gasteiger partial charge in [0, 0.05) is 18.2 Å². The van der Waals surface area contributed by atoms with Crippen molar-refractivity contribution in [2.75, 3.05) is 5.75 Å². The van der Waals surface area contributed by atoms with Crippen LogP contribution in [-0.4, -0.2) is 31.9 Å². The maximum atomic E-state index is 13.3. The van der Waals surface area contributed by atoms with E-state index in [9.17, 15) is 4.79 Å². The Morgan fingerprint density at radius 3 is 2.62 bits per heavy atom. The van der Waals surface area contributed by atoms with Crippen molar-refractivity contribution in [2.24, 2.45) is 5.10 Å². The summed E-state index contributed by atoms with van der Waals surface area (Å²) in [7, 11) is 0. The molecule has 3 aromatic rings. The molecule has 7 nitrogen and oxygen atoms in total. The molecule has 1 saturated carbocycles. The zero-order valence-corrected chi connectivity index (χ0v) is 19.3. The molecule has 8 heteroatoms. The Bertz CT molecular complexity index is 1090. The largest absolute Gasteiger partial charge is 0.467 e. The van der Waals surface area contributed by atoms with Crippen molar-refractivity contribution < 1.29 is 13.6 Å². The smallest absolute Gasteiger partial charge is 0.253 e. The molecule has 4 heterocycles. The second-order valence-electron chi connectivity index (χ2n) is 8.51. The summed E-state index contributed by atoms with van der Waals surface area (Å²) < 4.78 is 13.5. The fourth-order valence-electron chi connectivity index (χ4n) is 4.69. The third kappa shape index (κ3) is 4.03. The summed E-state index contributed by atoms with van der Waals surface area (Å²) in [5, 5.41) is 7.11. The quantitative estimate of drug-likeness (QED) is 0.451. The molecule has 1 aliphatic heterocycles. The first-order valence-electron chi connectivity index (χ1n) is 11.3. The summed E-state index contributed by atoms with van der Waals surface area (Å²) in [6, 6.07) is 7.64. The van der Waals surface area contributed by atoms with Crippen LogP contribution in [0.2, 0.25) is 0 Å². The number of carbonyl (C=O) groups is 1. The summed E-state index contributed by atoms with van der Waals surface area (Å²) >= 11 is 1.51. The first-order chi connectivity index (χ1) is 15.6. The Morgan fingerprint density at radius 1 is 1.12 bits per heavy atom. The molecule has 32 heavy (non-hydrogen) atoms. The van der Waals surface area contributed by atoms with Gasteiger partial charge in [-0.3, -0.25) is 4.79 Å². The van der Waals surface area contributed by atoms with Gasteiger partial charge in [-0.15, -0.1) is 0 Å². The van der Waals surface area contributed by atoms with Gasteiger partial charge in [0.25, 0.3) is 5.91 Å². The summed E-state index contributed by atoms with van der Waals surface area (Å²) in [5.74, 6) is 1.62. The van der Waals surface area contributed by atoms with E-state index in [0.717, 1.165) is 22.3 Å². The highest BCUT2D eigenvalue weighted by Crippen LogP contribution is 2.36. The number of aryl methyl sites for hydroxylation is 1. The van der Waals surface area contributed by atoms with Gasteiger partial charge in [0.05, 0.1) is 24.0 Å². The van der Waals surface area contributed by atoms with Crippen molar-refractivity contribution in [1.29, 1.82) is 0 Å². The highest BCUT2D eigenvalue weighted by atomic mass is 32.2. The van der Waals surface area contributed by atoms with E-state index in [4.69, 9.17) is 13.8 Å². The Morgan fingerprint density at radius 2 is 1.91 bits per heavy atom. The van der Waals surface area contributed by atoms with Gasteiger partial charge in [-0.1, -0.05) is 31.0 Å². The van der Waals surface area contributed by atoms with Gasteiger partial charge in [0.2, 0.25) is 0 Å². The lowest BCUT2D eigenvalue weighted by Crippen LogP contribution is -2.28. The van der Waals surface area contributed by atoms with Crippen molar-refractivity contribution in [3.8, 4) is 0 Å². The third-order valence-electron chi connectivity index (χ3n) is 6.46. The van der Waals surface area contributed by atoms with Gasteiger partial charge in [0.1, 0.15) is 23.3 Å². The third-order valence-corrected chi connectivity index (χ3v) is 7.40. The topological polar surface area (TPSA) is 76.8 Å². The predicted molar refractivity (Wildman–Crippen MR) is 123 cm³/mol. The maximum absolute atomic E-state index is 13.3. The minimum Gasteiger partial charge on any atom is -0.467 e. The van der Waals surface area contributed by atoms with Crippen molar-refractivity contribution in [3.05, 3.63) is 59.7 Å². The monoisotopic (exact) mass is 452 g/mol. The molecule has 0 spiro atoms. The number of nitrogens with zero attached hydrogens (tertiary/aromatic N) is 4. The average molecular weight is 453 g/mol. The van der Waals surface area contributed by atoms with Crippen molar-refractivity contribution in [3.63, 3.8) is 0 Å². The molecule has 0 saturated heterocycles. The number of furan rings is 2. The van der Waals surface area contributed by atoms with Crippen LogP contribution in [0.25, 0.3) is 0 Å². The second kappa shape index (κ2) is 9.02. The molecule has 0 bridgehead atoms. The predicted octanol–water partition coefficient (Wildman–Crippen LogP) is 5.66. The SMILES string of the molecule is Cc1nc(SCC(=O)N2N=C(c3ccco3)C[C@H]2c2ccco2)n(C2CCCCC2)c1C. The molecule has 1 fully saturated rings. The number of hydrazone groups is 1. The first-order valence-corrected chi connectivity index (χ1v) is 12.3. The average Bonchev–Trinajstić information content (AvgIpc) is 3.59. The van der Waals surface area contributed by atoms with Gasteiger partial charge in [-0.05, 0) is 51.0 Å². The van der Waals surface area contributed by atoms with Gasteiger partial charge in [-0.25, -0.2) is 9.99 Å². The molecule has 168 valence electrons. The summed E-state index contributed by atoms with van der Waals surface area (Å²) in [6.07, 6.45) is 10.00. The van der Waals surface area contributed by atoms with Crippen LogP contribution >= 0.6 is 11.8 Å². The molecule has 2 aliphatic rings. The summed E-state index contributed by atoms with van der Waals surface area (Å²) in [4.78, 5) is 18.1. The fourth-order valence-corrected chi connectivity index (χ4v) is 5.71. The van der Waals surface area contributed by atoms with E-state index in [-0.39, 0.29) is 17.7 Å². The number of hydrogen-bond acceptors (Lipinski definition) is 6. The number of carbonyl (C=O) groups excluding carboxylic acids is 1. The number of hydrogen-bond donors (Lipinski definition) is 0. The Balaban J connectivity index is 1.35. The normalized spacial score (nSPS) is 19.5. The maximum Gasteiger partial charge on any atom is 0.253 e. The van der Waals surface area contributed by atoms with Crippen molar-refractivity contribution in [1.82, 2.24) is 14.6 Å². The molecule has 3 aromatic heterocycles. The van der Waals surface area contributed by atoms with Crippen LogP contribution < -0.4 is 0 Å². The zero-order chi connectivity index (χ0) is 22.1. The Kier molecular flexibility index (Phi) is 5.95. The minimum atomic E-state index is -0.264. The lowest BCUT2D eigenvalue weighted by molar-refractivity contribution is -0.130. The molecule has 0 unspecified atom stereocenters. The van der Waals surface area contributed by atoms with Gasteiger partial charge in [-0.2, -0.15) is 5.10 Å². The number of thioether (sulfide) groups is 1. The lowest BCUT2D eigenvalue weighted by atomic mass is 9.95. The van der Waals surface area contributed by atoms with E-state index >= 15 is 0 Å². The Hall–Kier alpha value is -2.74. The molecule has 1 aliphatic carbocycles. The Labute approximate surface area is 191 Å². The molecule has 0 radical (unpaired) electrons. The molecule has 1 amide bonds. The van der Waals surface area contributed by atoms with Crippen LogP contribution in [0.1, 0.15) is 73.5 Å². The van der Waals surface area contributed by atoms with E-state index < -0.39 is 0 Å². The summed E-state index contributed by atoms with van der Waals surface area (Å²) in [6.45, 7) is 4.18. The molecular formula is C24H28N4O3S. The van der Waals surface area contributed by atoms with E-state index in [2.05, 4.69) is 16.6 Å². The van der Waals surface area contributed by atoms with Crippen LogP contribution in [0.15, 0.2) is 55.9 Å². The van der Waals surface area contributed by atoms with Crippen molar-refractivity contribution in [2.45, 2.75) is 69.6 Å². The van der Waals surface area contributed by atoms with Crippen LogP contribution in [0, 0.1) is 13.8 Å². The van der Waals surface area contributed by atoms with Gasteiger partial charge in [0.15, 0.2) is 5.16 Å². The highest BCUT2D eigenvalue weighted by Gasteiger charge is 2.36. The summed E-state index contributed by atoms with van der Waals surface area (Å²) in [5.41, 5.74) is 3.00. The van der Waals surface area contributed by atoms with Gasteiger partial charge >= 0.3 is 0 Å². The molecular weight excluding hydrogens is 424 g/mol. The van der Waals surface area contributed by atoms with Crippen LogP contribution in [0.3, 0.4) is 0 Å². The van der Waals surface area contributed by atoms with Crippen LogP contribution in [0.5, 0.6) is 0 Å². The van der Waals surface area contributed by atoms with Crippen LogP contribution in [-0.2, 0) is 4.79 Å². The number of imidazole rings is 1. The van der Waals surface area contributed by atoms with E-state index in [1.807, 2.05) is 31.2 Å². The lowest BCUT2D eigenvalue weighted by Gasteiger charge is -2.26. The van der Waals surface area contributed by atoms with Crippen molar-refractivity contribution >= 4 is 23.4 Å². The number of amides is 1. The second-order valence-corrected chi connectivity index (χ2v) is 9.46. The molecule has 1 atom stereocenters. The first kappa shape index (κ1) is 21.1. The van der Waals surface area contributed by atoms with Crippen LogP contribution in [0.4, 0.5) is 0 Å². The molecule has 0 N–H and O–H groups in total. The standard InChI is InChI=1S/C24H28N4O3S/c1-16-17(2)27(18-8-4-3-5-9-18)24(25-16)32-15-23(29)28-20(22-11-7-13-31-22)14-19(26-28)21-10-6-12-30-21/h6-7,10-13,18,20H,3-5,8-9,14-15H2,1-2H3/t20-/m0/s1. The minimum absolute atomic E-state index is 0.0635. The fraction of sp³-hybridized carbons (Fsp3) is 0.458. The molecule has 0 aromatic carbocycles. The zero-order valence-electron chi connectivity index (χ0n) is 18.5. The molecule has 5 rings (SSSR count). The number of rotatable bonds is 6.